The van der Waals surface area contributed by atoms with Crippen molar-refractivity contribution in [1.29, 1.82) is 0 Å². The molecule has 1 aromatic heterocycles. The van der Waals surface area contributed by atoms with Gasteiger partial charge < -0.3 is 5.32 Å². The van der Waals surface area contributed by atoms with E-state index in [4.69, 9.17) is 0 Å². The molecule has 5 nitrogen and oxygen atoms in total. The van der Waals surface area contributed by atoms with Crippen molar-refractivity contribution in [1.82, 2.24) is 9.55 Å². The highest BCUT2D eigenvalue weighted by atomic mass is 32.2. The van der Waals surface area contributed by atoms with Gasteiger partial charge in [0.05, 0.1) is 16.7 Å². The first-order valence-electron chi connectivity index (χ1n) is 9.99. The fourth-order valence-electron chi connectivity index (χ4n) is 3.53. The van der Waals surface area contributed by atoms with E-state index in [1.807, 2.05) is 43.3 Å². The highest BCUT2D eigenvalue weighted by Gasteiger charge is 2.28. The lowest BCUT2D eigenvalue weighted by atomic mass is 9.98. The van der Waals surface area contributed by atoms with Crippen LogP contribution in [0.4, 0.5) is 5.69 Å². The van der Waals surface area contributed by atoms with Crippen LogP contribution in [0.1, 0.15) is 49.8 Å². The minimum Gasteiger partial charge on any atom is -0.325 e. The van der Waals surface area contributed by atoms with Gasteiger partial charge in [-0.15, -0.1) is 0 Å². The fraction of sp³-hybridized carbons (Fsp3) is 0.348. The molecule has 1 aliphatic carbocycles. The van der Waals surface area contributed by atoms with E-state index in [9.17, 15) is 9.59 Å². The Bertz CT molecular complexity index is 1130. The first-order valence-corrected chi connectivity index (χ1v) is 11.0. The molecule has 0 unspecified atom stereocenters. The summed E-state index contributed by atoms with van der Waals surface area (Å²) in [6, 6.07) is 13.7. The van der Waals surface area contributed by atoms with Gasteiger partial charge in [-0.2, -0.15) is 0 Å². The smallest absolute Gasteiger partial charge is 0.262 e. The summed E-state index contributed by atoms with van der Waals surface area (Å²) in [5, 5.41) is 4.33. The molecule has 1 heterocycles. The van der Waals surface area contributed by atoms with Gasteiger partial charge in [0.15, 0.2) is 5.16 Å². The molecule has 1 saturated carbocycles. The van der Waals surface area contributed by atoms with Crippen LogP contribution in [0.3, 0.4) is 0 Å². The number of hydrogen-bond acceptors (Lipinski definition) is 4. The normalized spacial score (nSPS) is 13.8. The van der Waals surface area contributed by atoms with Crippen molar-refractivity contribution >= 4 is 34.3 Å². The summed E-state index contributed by atoms with van der Waals surface area (Å²) in [6.45, 7) is 6.24. The number of anilines is 1. The van der Waals surface area contributed by atoms with Crippen LogP contribution in [0.15, 0.2) is 52.4 Å². The maximum atomic E-state index is 12.9. The molecule has 0 saturated heterocycles. The molecule has 2 aromatic carbocycles. The highest BCUT2D eigenvalue weighted by Crippen LogP contribution is 2.37. The van der Waals surface area contributed by atoms with E-state index in [0.29, 0.717) is 22.0 Å². The monoisotopic (exact) mass is 407 g/mol. The average molecular weight is 408 g/mol. The Hall–Kier alpha value is -2.60. The van der Waals surface area contributed by atoms with Crippen LogP contribution in [0, 0.1) is 6.92 Å². The number of carbonyl (C=O) groups is 1. The van der Waals surface area contributed by atoms with Crippen LogP contribution in [0.2, 0.25) is 0 Å². The van der Waals surface area contributed by atoms with Crippen molar-refractivity contribution in [3.63, 3.8) is 0 Å². The number of fused-ring (bicyclic) bond motifs is 1. The molecular weight excluding hydrogens is 382 g/mol. The molecule has 0 bridgehead atoms. The zero-order chi connectivity index (χ0) is 20.5. The number of amides is 1. The highest BCUT2D eigenvalue weighted by molar-refractivity contribution is 7.99. The summed E-state index contributed by atoms with van der Waals surface area (Å²) in [5.41, 5.74) is 3.73. The topological polar surface area (TPSA) is 64.0 Å². The van der Waals surface area contributed by atoms with Crippen molar-refractivity contribution in [2.45, 2.75) is 50.7 Å². The van der Waals surface area contributed by atoms with E-state index in [0.717, 1.165) is 29.7 Å². The van der Waals surface area contributed by atoms with E-state index in [-0.39, 0.29) is 23.3 Å². The molecule has 4 rings (SSSR count). The quantitative estimate of drug-likeness (QED) is 0.467. The van der Waals surface area contributed by atoms with Crippen LogP contribution >= 0.6 is 11.8 Å². The van der Waals surface area contributed by atoms with Gasteiger partial charge >= 0.3 is 0 Å². The number of nitrogens with one attached hydrogen (secondary N) is 1. The molecule has 0 radical (unpaired) electrons. The Balaban J connectivity index is 1.57. The number of para-hydroxylation sites is 2. The van der Waals surface area contributed by atoms with Gasteiger partial charge in [-0.05, 0) is 48.9 Å². The van der Waals surface area contributed by atoms with E-state index in [2.05, 4.69) is 30.2 Å². The molecule has 0 spiro atoms. The van der Waals surface area contributed by atoms with Gasteiger partial charge in [-0.1, -0.05) is 55.9 Å². The Morgan fingerprint density at radius 3 is 2.69 bits per heavy atom. The van der Waals surface area contributed by atoms with E-state index in [1.54, 1.807) is 4.57 Å². The van der Waals surface area contributed by atoms with Gasteiger partial charge in [-0.3, -0.25) is 14.2 Å². The van der Waals surface area contributed by atoms with Crippen molar-refractivity contribution in [3.05, 3.63) is 63.9 Å². The fourth-order valence-corrected chi connectivity index (χ4v) is 4.40. The number of nitrogens with zero attached hydrogens (tertiary/aromatic N) is 2. The van der Waals surface area contributed by atoms with Crippen molar-refractivity contribution < 1.29 is 4.79 Å². The second kappa shape index (κ2) is 8.03. The van der Waals surface area contributed by atoms with Gasteiger partial charge in [-0.25, -0.2) is 4.98 Å². The first-order chi connectivity index (χ1) is 14.0. The first kappa shape index (κ1) is 19.7. The maximum absolute atomic E-state index is 12.9. The van der Waals surface area contributed by atoms with Crippen molar-refractivity contribution in [2.75, 3.05) is 11.1 Å². The molecule has 29 heavy (non-hydrogen) atoms. The lowest BCUT2D eigenvalue weighted by Gasteiger charge is -2.17. The summed E-state index contributed by atoms with van der Waals surface area (Å²) < 4.78 is 1.77. The number of aryl methyl sites for hydroxylation is 1. The molecule has 1 N–H and O–H groups in total. The van der Waals surface area contributed by atoms with Crippen LogP contribution in [-0.2, 0) is 4.79 Å². The summed E-state index contributed by atoms with van der Waals surface area (Å²) in [7, 11) is 0. The average Bonchev–Trinajstić information content (AvgIpc) is 3.53. The van der Waals surface area contributed by atoms with Gasteiger partial charge in [0, 0.05) is 11.7 Å². The lowest BCUT2D eigenvalue weighted by molar-refractivity contribution is -0.113. The molecule has 0 aliphatic heterocycles. The number of thioether (sulfide) groups is 1. The van der Waals surface area contributed by atoms with Crippen LogP contribution in [0.5, 0.6) is 0 Å². The minimum absolute atomic E-state index is 0.0120. The molecule has 150 valence electrons. The molecule has 1 amide bonds. The Morgan fingerprint density at radius 1 is 1.21 bits per heavy atom. The van der Waals surface area contributed by atoms with E-state index < -0.39 is 0 Å². The number of aromatic nitrogens is 2. The molecule has 6 heteroatoms. The van der Waals surface area contributed by atoms with Crippen LogP contribution in [-0.4, -0.2) is 21.2 Å². The molecule has 0 atom stereocenters. The van der Waals surface area contributed by atoms with Crippen LogP contribution < -0.4 is 10.9 Å². The second-order valence-electron chi connectivity index (χ2n) is 7.85. The minimum atomic E-state index is -0.0871. The standard InChI is InChI=1S/C23H25N3O2S/c1-14(2)17-9-6-7-15(3)21(17)25-20(27)13-29-23-24-19-10-5-4-8-18(19)22(28)26(23)16-11-12-16/h4-10,14,16H,11-13H2,1-3H3,(H,25,27). The predicted octanol–water partition coefficient (Wildman–Crippen LogP) is 4.89. The zero-order valence-corrected chi connectivity index (χ0v) is 17.8. The molecule has 3 aromatic rings. The Labute approximate surface area is 174 Å². The maximum Gasteiger partial charge on any atom is 0.262 e. The van der Waals surface area contributed by atoms with E-state index >= 15 is 0 Å². The zero-order valence-electron chi connectivity index (χ0n) is 16.9. The van der Waals surface area contributed by atoms with Crippen LogP contribution in [0.25, 0.3) is 10.9 Å². The molecular formula is C23H25N3O2S. The van der Waals surface area contributed by atoms with Gasteiger partial charge in [0.25, 0.3) is 5.56 Å². The van der Waals surface area contributed by atoms with E-state index in [1.165, 1.54) is 11.8 Å². The van der Waals surface area contributed by atoms with Gasteiger partial charge in [0.2, 0.25) is 5.91 Å². The number of carbonyl (C=O) groups excluding carboxylic acids is 1. The summed E-state index contributed by atoms with van der Waals surface area (Å²) in [4.78, 5) is 30.3. The molecule has 1 aliphatic rings. The second-order valence-corrected chi connectivity index (χ2v) is 8.79. The SMILES string of the molecule is Cc1cccc(C(C)C)c1NC(=O)CSc1nc2ccccc2c(=O)n1C1CC1. The summed E-state index contributed by atoms with van der Waals surface area (Å²) >= 11 is 1.33. The number of rotatable bonds is 6. The third-order valence-corrected chi connectivity index (χ3v) is 6.16. The number of benzene rings is 2. The van der Waals surface area contributed by atoms with Gasteiger partial charge in [0.1, 0.15) is 0 Å². The third kappa shape index (κ3) is 4.08. The summed E-state index contributed by atoms with van der Waals surface area (Å²) in [6.07, 6.45) is 1.97. The predicted molar refractivity (Wildman–Crippen MR) is 119 cm³/mol. The Kier molecular flexibility index (Phi) is 5.46. The summed E-state index contributed by atoms with van der Waals surface area (Å²) in [5.74, 6) is 0.444. The Morgan fingerprint density at radius 2 is 1.97 bits per heavy atom. The molecule has 1 fully saturated rings. The third-order valence-electron chi connectivity index (χ3n) is 5.21. The van der Waals surface area contributed by atoms with Crippen molar-refractivity contribution in [2.24, 2.45) is 0 Å². The largest absolute Gasteiger partial charge is 0.325 e. The van der Waals surface area contributed by atoms with Crippen molar-refractivity contribution in [3.8, 4) is 0 Å². The lowest BCUT2D eigenvalue weighted by Crippen LogP contribution is -2.23. The number of hydrogen-bond donors (Lipinski definition) is 1.